The van der Waals surface area contributed by atoms with E-state index in [0.29, 0.717) is 35.8 Å². The molecule has 0 radical (unpaired) electrons. The van der Waals surface area contributed by atoms with Crippen molar-refractivity contribution in [2.45, 2.75) is 19.8 Å². The highest BCUT2D eigenvalue weighted by atomic mass is 32.2. The van der Waals surface area contributed by atoms with E-state index >= 15 is 0 Å². The van der Waals surface area contributed by atoms with Crippen LogP contribution in [0.3, 0.4) is 0 Å². The highest BCUT2D eigenvalue weighted by Crippen LogP contribution is 2.34. The van der Waals surface area contributed by atoms with Crippen LogP contribution in [0.25, 0.3) is 6.08 Å². The zero-order chi connectivity index (χ0) is 25.7. The Kier molecular flexibility index (Phi) is 7.94. The highest BCUT2D eigenvalue weighted by Gasteiger charge is 2.37. The van der Waals surface area contributed by atoms with Gasteiger partial charge in [-0.05, 0) is 67.4 Å². The number of rotatable bonds is 8. The third-order valence-electron chi connectivity index (χ3n) is 5.81. The van der Waals surface area contributed by atoms with E-state index in [1.165, 1.54) is 7.11 Å². The zero-order valence-corrected chi connectivity index (χ0v) is 20.9. The number of carbonyl (C=O) groups is 4. The number of thioether (sulfide) groups is 1. The van der Waals surface area contributed by atoms with Crippen molar-refractivity contribution in [1.29, 1.82) is 0 Å². The number of nitrogens with one attached hydrogen (secondary N) is 1. The van der Waals surface area contributed by atoms with Crippen molar-refractivity contribution in [1.82, 2.24) is 9.80 Å². The van der Waals surface area contributed by atoms with Crippen LogP contribution in [0.2, 0.25) is 0 Å². The molecule has 36 heavy (non-hydrogen) atoms. The second-order valence-electron chi connectivity index (χ2n) is 8.47. The fraction of sp³-hybridized carbons (Fsp3) is 0.308. The number of imide groups is 1. The van der Waals surface area contributed by atoms with Crippen molar-refractivity contribution in [3.05, 3.63) is 58.5 Å². The van der Waals surface area contributed by atoms with Gasteiger partial charge < -0.3 is 19.7 Å². The van der Waals surface area contributed by atoms with Gasteiger partial charge in [-0.2, -0.15) is 0 Å². The Hall–Kier alpha value is -3.79. The summed E-state index contributed by atoms with van der Waals surface area (Å²) >= 11 is 0.798. The van der Waals surface area contributed by atoms with Gasteiger partial charge in [-0.1, -0.05) is 23.8 Å². The second-order valence-corrected chi connectivity index (χ2v) is 9.46. The first kappa shape index (κ1) is 25.3. The highest BCUT2D eigenvalue weighted by molar-refractivity contribution is 8.18. The molecule has 4 rings (SSSR count). The molecule has 188 valence electrons. The Morgan fingerprint density at radius 1 is 1.06 bits per heavy atom. The molecule has 2 aliphatic rings. The molecule has 0 atom stereocenters. The monoisotopic (exact) mass is 509 g/mol. The summed E-state index contributed by atoms with van der Waals surface area (Å²) < 4.78 is 11.0. The van der Waals surface area contributed by atoms with Crippen molar-refractivity contribution < 1.29 is 28.7 Å². The van der Waals surface area contributed by atoms with E-state index in [1.807, 2.05) is 31.2 Å². The van der Waals surface area contributed by atoms with Crippen molar-refractivity contribution in [2.24, 2.45) is 0 Å². The summed E-state index contributed by atoms with van der Waals surface area (Å²) in [5.41, 5.74) is 2.38. The number of carbonyl (C=O) groups excluding carboxylic acids is 4. The minimum Gasteiger partial charge on any atom is -0.493 e. The lowest BCUT2D eigenvalue weighted by molar-refractivity contribution is -0.135. The Morgan fingerprint density at radius 3 is 2.47 bits per heavy atom. The van der Waals surface area contributed by atoms with Gasteiger partial charge in [0.2, 0.25) is 5.91 Å². The van der Waals surface area contributed by atoms with Gasteiger partial charge in [0, 0.05) is 18.8 Å². The van der Waals surface area contributed by atoms with Gasteiger partial charge in [-0.3, -0.25) is 24.1 Å². The van der Waals surface area contributed by atoms with E-state index < -0.39 is 11.1 Å². The lowest BCUT2D eigenvalue weighted by Crippen LogP contribution is -2.40. The fourth-order valence-corrected chi connectivity index (χ4v) is 4.70. The smallest absolute Gasteiger partial charge is 0.294 e. The first-order valence-electron chi connectivity index (χ1n) is 11.5. The van der Waals surface area contributed by atoms with Gasteiger partial charge in [-0.15, -0.1) is 0 Å². The van der Waals surface area contributed by atoms with Gasteiger partial charge in [0.1, 0.15) is 6.54 Å². The number of ether oxygens (including phenoxy) is 2. The number of methoxy groups -OCH3 is 1. The van der Waals surface area contributed by atoms with E-state index in [2.05, 4.69) is 5.32 Å². The van der Waals surface area contributed by atoms with Gasteiger partial charge in [-0.25, -0.2) is 0 Å². The largest absolute Gasteiger partial charge is 0.493 e. The number of hydrogen-bond donors (Lipinski definition) is 1. The number of anilines is 1. The predicted molar refractivity (Wildman–Crippen MR) is 137 cm³/mol. The SMILES string of the molecule is COc1cc(/C=C2\SC(=O)N(CC(=O)N3CCCC3)C2=O)ccc1OCC(=O)Nc1ccc(C)cc1. The molecule has 2 heterocycles. The molecule has 9 nitrogen and oxygen atoms in total. The third kappa shape index (κ3) is 6.06. The Balaban J connectivity index is 1.38. The average Bonchev–Trinajstić information content (AvgIpc) is 3.49. The molecule has 0 bridgehead atoms. The molecule has 2 aliphatic heterocycles. The molecule has 1 N–H and O–H groups in total. The Morgan fingerprint density at radius 2 is 1.78 bits per heavy atom. The van der Waals surface area contributed by atoms with E-state index in [-0.39, 0.29) is 29.9 Å². The molecular formula is C26H27N3O6S. The first-order valence-corrected chi connectivity index (χ1v) is 12.4. The number of benzene rings is 2. The van der Waals surface area contributed by atoms with Crippen LogP contribution in [0.1, 0.15) is 24.0 Å². The molecular weight excluding hydrogens is 482 g/mol. The quantitative estimate of drug-likeness (QED) is 0.541. The van der Waals surface area contributed by atoms with E-state index in [0.717, 1.165) is 35.1 Å². The summed E-state index contributed by atoms with van der Waals surface area (Å²) in [5.74, 6) is -0.300. The molecule has 10 heteroatoms. The minimum absolute atomic E-state index is 0.215. The normalized spacial score (nSPS) is 16.6. The van der Waals surface area contributed by atoms with Crippen LogP contribution in [-0.2, 0) is 14.4 Å². The number of hydrogen-bond acceptors (Lipinski definition) is 7. The van der Waals surface area contributed by atoms with Crippen LogP contribution in [0.15, 0.2) is 47.4 Å². The number of amides is 4. The molecule has 4 amide bonds. The van der Waals surface area contributed by atoms with Gasteiger partial charge >= 0.3 is 0 Å². The third-order valence-corrected chi connectivity index (χ3v) is 6.71. The van der Waals surface area contributed by atoms with Crippen LogP contribution in [0, 0.1) is 6.92 Å². The Labute approximate surface area is 213 Å². The summed E-state index contributed by atoms with van der Waals surface area (Å²) in [6.07, 6.45) is 3.45. The maximum Gasteiger partial charge on any atom is 0.294 e. The maximum atomic E-state index is 12.8. The minimum atomic E-state index is -0.496. The van der Waals surface area contributed by atoms with Crippen molar-refractivity contribution in [3.63, 3.8) is 0 Å². The number of nitrogens with zero attached hydrogens (tertiary/aromatic N) is 2. The lowest BCUT2D eigenvalue weighted by Gasteiger charge is -2.18. The summed E-state index contributed by atoms with van der Waals surface area (Å²) in [6, 6.07) is 12.4. The van der Waals surface area contributed by atoms with E-state index in [1.54, 1.807) is 29.2 Å². The molecule has 0 saturated carbocycles. The topological polar surface area (TPSA) is 105 Å². The average molecular weight is 510 g/mol. The molecule has 0 aliphatic carbocycles. The van der Waals surface area contributed by atoms with Crippen LogP contribution < -0.4 is 14.8 Å². The molecule has 2 fully saturated rings. The predicted octanol–water partition coefficient (Wildman–Crippen LogP) is 3.68. The molecule has 0 spiro atoms. The van der Waals surface area contributed by atoms with Crippen LogP contribution in [-0.4, -0.2) is 66.1 Å². The molecule has 2 aromatic carbocycles. The summed E-state index contributed by atoms with van der Waals surface area (Å²) in [7, 11) is 1.47. The number of likely N-dealkylation sites (tertiary alicyclic amines) is 1. The second kappa shape index (κ2) is 11.3. The zero-order valence-electron chi connectivity index (χ0n) is 20.1. The fourth-order valence-electron chi connectivity index (χ4n) is 3.86. The van der Waals surface area contributed by atoms with Crippen molar-refractivity contribution in [2.75, 3.05) is 38.7 Å². The summed E-state index contributed by atoms with van der Waals surface area (Å²) in [5, 5.41) is 2.30. The molecule has 0 unspecified atom stereocenters. The molecule has 2 aromatic rings. The number of aryl methyl sites for hydroxylation is 1. The van der Waals surface area contributed by atoms with Crippen LogP contribution in [0.5, 0.6) is 11.5 Å². The van der Waals surface area contributed by atoms with Gasteiger partial charge in [0.25, 0.3) is 17.1 Å². The standard InChI is InChI=1S/C26H27N3O6S/c1-17-5-8-19(9-6-17)27-23(30)16-35-20-10-7-18(13-21(20)34-2)14-22-25(32)29(26(33)36-22)15-24(31)28-11-3-4-12-28/h5-10,13-14H,3-4,11-12,15-16H2,1-2H3,(H,27,30)/b22-14-. The Bertz CT molecular complexity index is 1200. The molecule has 0 aromatic heterocycles. The van der Waals surface area contributed by atoms with Crippen molar-refractivity contribution in [3.8, 4) is 11.5 Å². The van der Waals surface area contributed by atoms with Crippen molar-refractivity contribution >= 4 is 46.5 Å². The van der Waals surface area contributed by atoms with Crippen LogP contribution in [0.4, 0.5) is 10.5 Å². The summed E-state index contributed by atoms with van der Waals surface area (Å²) in [6.45, 7) is 2.82. The van der Waals surface area contributed by atoms with E-state index in [4.69, 9.17) is 9.47 Å². The van der Waals surface area contributed by atoms with Gasteiger partial charge in [0.05, 0.1) is 12.0 Å². The van der Waals surface area contributed by atoms with Gasteiger partial charge in [0.15, 0.2) is 18.1 Å². The summed E-state index contributed by atoms with van der Waals surface area (Å²) in [4.78, 5) is 52.7. The lowest BCUT2D eigenvalue weighted by atomic mass is 10.2. The van der Waals surface area contributed by atoms with Crippen LogP contribution >= 0.6 is 11.8 Å². The molecule has 2 saturated heterocycles. The first-order chi connectivity index (χ1) is 17.3. The van der Waals surface area contributed by atoms with E-state index in [9.17, 15) is 19.2 Å². The maximum absolute atomic E-state index is 12.8.